The molecule has 1 aromatic heterocycles. The predicted octanol–water partition coefficient (Wildman–Crippen LogP) is 3.25. The number of hydrogen-bond acceptors (Lipinski definition) is 2. The van der Waals surface area contributed by atoms with Crippen LogP contribution in [-0.2, 0) is 19.9 Å². The molecule has 0 radical (unpaired) electrons. The molecule has 0 atom stereocenters. The lowest BCUT2D eigenvalue weighted by molar-refractivity contribution is 0.215. The van der Waals surface area contributed by atoms with E-state index >= 15 is 0 Å². The maximum atomic E-state index is 9.56. The van der Waals surface area contributed by atoms with Crippen molar-refractivity contribution in [3.8, 4) is 6.07 Å². The highest BCUT2D eigenvalue weighted by atomic mass is 15.3. The van der Waals surface area contributed by atoms with Crippen LogP contribution in [0.4, 0.5) is 0 Å². The quantitative estimate of drug-likeness (QED) is 0.820. The van der Waals surface area contributed by atoms with E-state index in [0.29, 0.717) is 0 Å². The maximum Gasteiger partial charge on any atom is 0.0693 e. The van der Waals surface area contributed by atoms with Gasteiger partial charge in [0.15, 0.2) is 0 Å². The van der Waals surface area contributed by atoms with Crippen molar-refractivity contribution in [1.82, 2.24) is 9.78 Å². The predicted molar refractivity (Wildman–Crippen MR) is 72.0 cm³/mol. The van der Waals surface area contributed by atoms with Crippen LogP contribution in [-0.4, -0.2) is 9.78 Å². The van der Waals surface area contributed by atoms with E-state index in [1.807, 2.05) is 11.7 Å². The highest BCUT2D eigenvalue weighted by Crippen LogP contribution is 2.40. The molecule has 0 bridgehead atoms. The molecule has 3 heteroatoms. The molecule has 0 aromatic carbocycles. The van der Waals surface area contributed by atoms with Gasteiger partial charge in [-0.05, 0) is 44.1 Å². The molecule has 0 spiro atoms. The molecule has 3 nitrogen and oxygen atoms in total. The van der Waals surface area contributed by atoms with Crippen LogP contribution in [0.3, 0.4) is 0 Å². The Morgan fingerprint density at radius 2 is 2.17 bits per heavy atom. The van der Waals surface area contributed by atoms with Gasteiger partial charge in [-0.15, -0.1) is 0 Å². The van der Waals surface area contributed by atoms with Gasteiger partial charge in [-0.25, -0.2) is 0 Å². The molecular formula is C15H23N3. The lowest BCUT2D eigenvalue weighted by atomic mass is 9.69. The third kappa shape index (κ3) is 2.58. The van der Waals surface area contributed by atoms with E-state index in [1.165, 1.54) is 18.5 Å². The summed E-state index contributed by atoms with van der Waals surface area (Å²) in [4.78, 5) is 0. The van der Waals surface area contributed by atoms with Crippen molar-refractivity contribution < 1.29 is 0 Å². The van der Waals surface area contributed by atoms with Crippen molar-refractivity contribution >= 4 is 0 Å². The molecule has 0 saturated heterocycles. The molecule has 0 amide bonds. The average molecular weight is 245 g/mol. The smallest absolute Gasteiger partial charge is 0.0693 e. The number of nitriles is 1. The van der Waals surface area contributed by atoms with Crippen molar-refractivity contribution in [3.63, 3.8) is 0 Å². The summed E-state index contributed by atoms with van der Waals surface area (Å²) in [6.45, 7) is 4.41. The van der Waals surface area contributed by atoms with Gasteiger partial charge in [0, 0.05) is 19.2 Å². The fourth-order valence-electron chi connectivity index (χ4n) is 2.90. The van der Waals surface area contributed by atoms with E-state index in [0.717, 1.165) is 37.3 Å². The third-order valence-electron chi connectivity index (χ3n) is 4.38. The summed E-state index contributed by atoms with van der Waals surface area (Å²) in [6, 6.07) is 4.76. The van der Waals surface area contributed by atoms with E-state index < -0.39 is 0 Å². The number of aryl methyl sites for hydroxylation is 2. The lowest BCUT2D eigenvalue weighted by Crippen LogP contribution is -2.28. The minimum atomic E-state index is -0.148. The van der Waals surface area contributed by atoms with Crippen molar-refractivity contribution in [1.29, 1.82) is 5.26 Å². The van der Waals surface area contributed by atoms with Gasteiger partial charge in [0.25, 0.3) is 0 Å². The molecule has 98 valence electrons. The van der Waals surface area contributed by atoms with E-state index in [9.17, 15) is 5.26 Å². The topological polar surface area (TPSA) is 41.6 Å². The first-order valence-electron chi connectivity index (χ1n) is 7.01. The molecule has 1 aromatic rings. The van der Waals surface area contributed by atoms with Gasteiger partial charge in [-0.1, -0.05) is 13.8 Å². The van der Waals surface area contributed by atoms with E-state index in [2.05, 4.69) is 31.1 Å². The minimum absolute atomic E-state index is 0.148. The van der Waals surface area contributed by atoms with Crippen molar-refractivity contribution in [3.05, 3.63) is 17.5 Å². The molecule has 1 aliphatic carbocycles. The Labute approximate surface area is 110 Å². The van der Waals surface area contributed by atoms with Crippen LogP contribution in [0.5, 0.6) is 0 Å². The summed E-state index contributed by atoms with van der Waals surface area (Å²) in [5, 5.41) is 14.0. The SMILES string of the molecule is CCc1cc(CC2(C#N)CCC(C)CC2)n(C)n1. The normalized spacial score (nSPS) is 28.0. The van der Waals surface area contributed by atoms with Gasteiger partial charge in [0.1, 0.15) is 0 Å². The van der Waals surface area contributed by atoms with Gasteiger partial charge in [-0.3, -0.25) is 4.68 Å². The molecule has 1 heterocycles. The van der Waals surface area contributed by atoms with Crippen molar-refractivity contribution in [2.24, 2.45) is 18.4 Å². The van der Waals surface area contributed by atoms with Crippen LogP contribution in [0.15, 0.2) is 6.07 Å². The Hall–Kier alpha value is -1.30. The fourth-order valence-corrected chi connectivity index (χ4v) is 2.90. The second-order valence-electron chi connectivity index (χ2n) is 5.86. The van der Waals surface area contributed by atoms with Crippen LogP contribution in [0.2, 0.25) is 0 Å². The highest BCUT2D eigenvalue weighted by Gasteiger charge is 2.35. The second-order valence-corrected chi connectivity index (χ2v) is 5.86. The van der Waals surface area contributed by atoms with Crippen LogP contribution in [0.25, 0.3) is 0 Å². The van der Waals surface area contributed by atoms with E-state index in [1.54, 1.807) is 0 Å². The molecular weight excluding hydrogens is 222 g/mol. The van der Waals surface area contributed by atoms with Gasteiger partial charge >= 0.3 is 0 Å². The van der Waals surface area contributed by atoms with Crippen LogP contribution >= 0.6 is 0 Å². The zero-order valence-corrected chi connectivity index (χ0v) is 11.7. The largest absolute Gasteiger partial charge is 0.272 e. The van der Waals surface area contributed by atoms with Crippen LogP contribution in [0, 0.1) is 22.7 Å². The van der Waals surface area contributed by atoms with Crippen molar-refractivity contribution in [2.75, 3.05) is 0 Å². The minimum Gasteiger partial charge on any atom is -0.272 e. The second kappa shape index (κ2) is 5.14. The van der Waals surface area contributed by atoms with Gasteiger partial charge < -0.3 is 0 Å². The molecule has 18 heavy (non-hydrogen) atoms. The first-order chi connectivity index (χ1) is 8.58. The van der Waals surface area contributed by atoms with Gasteiger partial charge in [-0.2, -0.15) is 10.4 Å². The lowest BCUT2D eigenvalue weighted by Gasteiger charge is -2.33. The number of hydrogen-bond donors (Lipinski definition) is 0. The van der Waals surface area contributed by atoms with Crippen LogP contribution < -0.4 is 0 Å². The average Bonchev–Trinajstić information content (AvgIpc) is 2.73. The Balaban J connectivity index is 2.15. The maximum absolute atomic E-state index is 9.56. The van der Waals surface area contributed by atoms with E-state index in [-0.39, 0.29) is 5.41 Å². The zero-order chi connectivity index (χ0) is 13.2. The Bertz CT molecular complexity index is 445. The molecule has 0 N–H and O–H groups in total. The first kappa shape index (κ1) is 13.1. The molecule has 0 unspecified atom stereocenters. The standard InChI is InChI=1S/C15H23N3/c1-4-13-9-14(18(3)17-13)10-15(11-16)7-5-12(2)6-8-15/h9,12H,4-8,10H2,1-3H3. The summed E-state index contributed by atoms with van der Waals surface area (Å²) in [5.41, 5.74) is 2.19. The monoisotopic (exact) mass is 245 g/mol. The Kier molecular flexibility index (Phi) is 3.75. The highest BCUT2D eigenvalue weighted by molar-refractivity contribution is 5.16. The Morgan fingerprint density at radius 1 is 1.50 bits per heavy atom. The summed E-state index contributed by atoms with van der Waals surface area (Å²) in [5.74, 6) is 0.782. The third-order valence-corrected chi connectivity index (χ3v) is 4.38. The summed E-state index contributed by atoms with van der Waals surface area (Å²) in [6.07, 6.45) is 6.27. The molecule has 1 aliphatic rings. The summed E-state index contributed by atoms with van der Waals surface area (Å²) >= 11 is 0. The summed E-state index contributed by atoms with van der Waals surface area (Å²) in [7, 11) is 1.99. The Morgan fingerprint density at radius 3 is 2.67 bits per heavy atom. The zero-order valence-electron chi connectivity index (χ0n) is 11.7. The molecule has 1 saturated carbocycles. The number of nitrogens with zero attached hydrogens (tertiary/aromatic N) is 3. The van der Waals surface area contributed by atoms with Crippen molar-refractivity contribution in [2.45, 2.75) is 52.4 Å². The number of aromatic nitrogens is 2. The van der Waals surface area contributed by atoms with Gasteiger partial charge in [0.05, 0.1) is 17.2 Å². The fraction of sp³-hybridized carbons (Fsp3) is 0.733. The first-order valence-corrected chi connectivity index (χ1v) is 7.01. The van der Waals surface area contributed by atoms with E-state index in [4.69, 9.17) is 0 Å². The molecule has 2 rings (SSSR count). The van der Waals surface area contributed by atoms with Crippen LogP contribution in [0.1, 0.15) is 50.9 Å². The molecule has 1 fully saturated rings. The molecule has 0 aliphatic heterocycles. The number of rotatable bonds is 3. The van der Waals surface area contributed by atoms with Gasteiger partial charge in [0.2, 0.25) is 0 Å². The summed E-state index contributed by atoms with van der Waals surface area (Å²) < 4.78 is 1.95.